The van der Waals surface area contributed by atoms with Crippen LogP contribution in [-0.2, 0) is 0 Å². The van der Waals surface area contributed by atoms with Crippen LogP contribution in [0, 0.1) is 0 Å². The fraction of sp³-hybridized carbons (Fsp3) is 0. The number of para-hydroxylation sites is 2. The van der Waals surface area contributed by atoms with Gasteiger partial charge in [-0.1, -0.05) is 176 Å². The number of hydrogen-bond acceptors (Lipinski definition) is 6. The topological polar surface area (TPSA) is 87.2 Å². The van der Waals surface area contributed by atoms with Crippen molar-refractivity contribution in [3.05, 3.63) is 218 Å². The second-order valence-corrected chi connectivity index (χ2v) is 16.4. The fourth-order valence-corrected chi connectivity index (χ4v) is 9.31. The third-order valence-electron chi connectivity index (χ3n) is 12.4. The zero-order valence-corrected chi connectivity index (χ0v) is 35.4. The molecule has 0 amide bonds. The van der Waals surface area contributed by atoms with Gasteiger partial charge in [-0.05, 0) is 53.2 Å². The van der Waals surface area contributed by atoms with Crippen molar-refractivity contribution in [3.63, 3.8) is 0 Å². The number of rotatable bonds is 7. The SMILES string of the molecule is c1ccc(-c2nc(-c3ccccc3)nc(-c3ccc(-n4c5ccccc5c5ccc6c7ccccc7n(-c7nc(-c8ccccc8)nc(-c8ccc9ccccc9c8)n7)c6c54)cc3)n2)cc1. The molecule has 0 radical (unpaired) electrons. The number of fused-ring (bicyclic) bond motifs is 8. The lowest BCUT2D eigenvalue weighted by molar-refractivity contribution is 0.953. The van der Waals surface area contributed by atoms with Gasteiger partial charge < -0.3 is 4.57 Å². The summed E-state index contributed by atoms with van der Waals surface area (Å²) in [5, 5.41) is 6.75. The van der Waals surface area contributed by atoms with Crippen molar-refractivity contribution in [2.24, 2.45) is 0 Å². The second kappa shape index (κ2) is 15.3. The normalized spacial score (nSPS) is 11.6. The Kier molecular flexibility index (Phi) is 8.67. The van der Waals surface area contributed by atoms with Gasteiger partial charge in [0.05, 0.1) is 22.1 Å². The largest absolute Gasteiger partial charge is 0.307 e. The summed E-state index contributed by atoms with van der Waals surface area (Å²) in [4.78, 5) is 30.8. The Hall–Kier alpha value is -9.14. The van der Waals surface area contributed by atoms with Crippen LogP contribution in [0.25, 0.3) is 123 Å². The minimum atomic E-state index is 0.538. The Morgan fingerprint density at radius 2 is 0.652 bits per heavy atom. The molecule has 9 aromatic carbocycles. The van der Waals surface area contributed by atoms with E-state index in [-0.39, 0.29) is 0 Å². The van der Waals surface area contributed by atoms with Crippen LogP contribution in [0.15, 0.2) is 218 Å². The number of nitrogens with zero attached hydrogens (tertiary/aromatic N) is 8. The van der Waals surface area contributed by atoms with Crippen LogP contribution in [-0.4, -0.2) is 39.0 Å². The third kappa shape index (κ3) is 6.23. The molecule has 0 saturated carbocycles. The molecule has 13 aromatic rings. The monoisotopic (exact) mass is 844 g/mol. The maximum absolute atomic E-state index is 5.36. The summed E-state index contributed by atoms with van der Waals surface area (Å²) in [5.41, 5.74) is 9.69. The Bertz CT molecular complexity index is 3920. The summed E-state index contributed by atoms with van der Waals surface area (Å²) in [7, 11) is 0. The highest BCUT2D eigenvalue weighted by Crippen LogP contribution is 2.42. The van der Waals surface area contributed by atoms with Gasteiger partial charge in [-0.15, -0.1) is 0 Å². The molecule has 8 heteroatoms. The van der Waals surface area contributed by atoms with E-state index >= 15 is 0 Å². The van der Waals surface area contributed by atoms with Gasteiger partial charge in [-0.25, -0.2) is 19.9 Å². The van der Waals surface area contributed by atoms with Gasteiger partial charge in [-0.3, -0.25) is 4.57 Å². The van der Waals surface area contributed by atoms with E-state index in [0.29, 0.717) is 35.1 Å². The lowest BCUT2D eigenvalue weighted by Crippen LogP contribution is -2.07. The lowest BCUT2D eigenvalue weighted by Gasteiger charge is -2.14. The number of benzene rings is 9. The highest BCUT2D eigenvalue weighted by Gasteiger charge is 2.24. The zero-order chi connectivity index (χ0) is 43.6. The van der Waals surface area contributed by atoms with E-state index in [1.54, 1.807) is 0 Å². The zero-order valence-electron chi connectivity index (χ0n) is 35.4. The van der Waals surface area contributed by atoms with Gasteiger partial charge in [0.15, 0.2) is 29.1 Å². The van der Waals surface area contributed by atoms with Gasteiger partial charge >= 0.3 is 0 Å². The molecule has 13 rings (SSSR count). The van der Waals surface area contributed by atoms with Gasteiger partial charge in [0.2, 0.25) is 5.95 Å². The van der Waals surface area contributed by atoms with Crippen molar-refractivity contribution in [1.29, 1.82) is 0 Å². The minimum absolute atomic E-state index is 0.538. The lowest BCUT2D eigenvalue weighted by atomic mass is 10.1. The van der Waals surface area contributed by atoms with E-state index in [2.05, 4.69) is 149 Å². The molecule has 4 aromatic heterocycles. The van der Waals surface area contributed by atoms with Crippen LogP contribution in [0.3, 0.4) is 0 Å². The van der Waals surface area contributed by atoms with Crippen LogP contribution in [0.5, 0.6) is 0 Å². The Morgan fingerprint density at radius 3 is 1.20 bits per heavy atom. The standard InChI is InChI=1S/C58H36N8/c1-4-17-38(18-5-1)53-59-54(39-19-6-2-7-20-39)61-55(60-53)41-30-32-44(33-31-41)65-49-26-14-12-24-45(49)47-34-35-48-46-25-13-15-27-50(46)66(52(48)51(47)65)58-63-56(40-21-8-3-9-22-40)62-57(64-58)43-29-28-37-16-10-11-23-42(37)36-43/h1-36H. The maximum atomic E-state index is 5.36. The van der Waals surface area contributed by atoms with Gasteiger partial charge in [0.1, 0.15) is 0 Å². The highest BCUT2D eigenvalue weighted by atomic mass is 15.2. The Morgan fingerprint density at radius 1 is 0.258 bits per heavy atom. The molecule has 0 bridgehead atoms. The smallest absolute Gasteiger partial charge is 0.238 e. The molecule has 0 fully saturated rings. The molecule has 308 valence electrons. The minimum Gasteiger partial charge on any atom is -0.307 e. The molecule has 0 atom stereocenters. The van der Waals surface area contributed by atoms with Crippen LogP contribution in [0.2, 0.25) is 0 Å². The molecule has 0 unspecified atom stereocenters. The first-order valence-corrected chi connectivity index (χ1v) is 22.0. The summed E-state index contributed by atoms with van der Waals surface area (Å²) < 4.78 is 4.60. The van der Waals surface area contributed by atoms with Crippen molar-refractivity contribution in [1.82, 2.24) is 39.0 Å². The van der Waals surface area contributed by atoms with Gasteiger partial charge in [0.25, 0.3) is 0 Å². The van der Waals surface area contributed by atoms with Crippen LogP contribution in [0.1, 0.15) is 0 Å². The molecule has 0 spiro atoms. The molecule has 4 heterocycles. The van der Waals surface area contributed by atoms with Crippen molar-refractivity contribution < 1.29 is 0 Å². The molecule has 66 heavy (non-hydrogen) atoms. The predicted molar refractivity (Wildman–Crippen MR) is 267 cm³/mol. The third-order valence-corrected chi connectivity index (χ3v) is 12.4. The molecule has 0 aliphatic rings. The van der Waals surface area contributed by atoms with E-state index in [1.807, 2.05) is 78.9 Å². The second-order valence-electron chi connectivity index (χ2n) is 16.4. The summed E-state index contributed by atoms with van der Waals surface area (Å²) in [6.45, 7) is 0. The molecule has 0 aliphatic heterocycles. The van der Waals surface area contributed by atoms with E-state index in [9.17, 15) is 0 Å². The number of aromatic nitrogens is 8. The average Bonchev–Trinajstić information content (AvgIpc) is 3.92. The van der Waals surface area contributed by atoms with Gasteiger partial charge in [0, 0.05) is 55.0 Å². The molecule has 0 N–H and O–H groups in total. The maximum Gasteiger partial charge on any atom is 0.238 e. The average molecular weight is 845 g/mol. The van der Waals surface area contributed by atoms with Crippen LogP contribution >= 0.6 is 0 Å². The van der Waals surface area contributed by atoms with E-state index in [0.717, 1.165) is 87.9 Å². The molecule has 0 aliphatic carbocycles. The van der Waals surface area contributed by atoms with Crippen molar-refractivity contribution in [3.8, 4) is 68.6 Å². The van der Waals surface area contributed by atoms with Crippen LogP contribution in [0.4, 0.5) is 0 Å². The molecule has 8 nitrogen and oxygen atoms in total. The van der Waals surface area contributed by atoms with E-state index in [1.165, 1.54) is 0 Å². The van der Waals surface area contributed by atoms with Crippen molar-refractivity contribution in [2.45, 2.75) is 0 Å². The quantitative estimate of drug-likeness (QED) is 0.159. The van der Waals surface area contributed by atoms with Crippen molar-refractivity contribution >= 4 is 54.4 Å². The molecular weight excluding hydrogens is 809 g/mol. The Balaban J connectivity index is 1.05. The first-order valence-electron chi connectivity index (χ1n) is 22.0. The summed E-state index contributed by atoms with van der Waals surface area (Å²) >= 11 is 0. The van der Waals surface area contributed by atoms with E-state index in [4.69, 9.17) is 29.9 Å². The summed E-state index contributed by atoms with van der Waals surface area (Å²) in [6.07, 6.45) is 0. The van der Waals surface area contributed by atoms with Gasteiger partial charge in [-0.2, -0.15) is 9.97 Å². The summed E-state index contributed by atoms with van der Waals surface area (Å²) in [5.74, 6) is 3.59. The van der Waals surface area contributed by atoms with Crippen LogP contribution < -0.4 is 0 Å². The molecule has 0 saturated heterocycles. The first kappa shape index (κ1) is 37.4. The highest BCUT2D eigenvalue weighted by molar-refractivity contribution is 6.23. The first-order chi connectivity index (χ1) is 32.7. The van der Waals surface area contributed by atoms with Crippen molar-refractivity contribution in [2.75, 3.05) is 0 Å². The number of hydrogen-bond donors (Lipinski definition) is 0. The molecular formula is C58H36N8. The Labute approximate surface area is 378 Å². The fourth-order valence-electron chi connectivity index (χ4n) is 9.31. The van der Waals surface area contributed by atoms with E-state index < -0.39 is 0 Å². The predicted octanol–water partition coefficient (Wildman–Crippen LogP) is 13.7. The summed E-state index contributed by atoms with van der Waals surface area (Å²) in [6, 6.07) is 75.3.